The summed E-state index contributed by atoms with van der Waals surface area (Å²) in [5, 5.41) is -5.59. The molecule has 0 N–H and O–H groups in total. The van der Waals surface area contributed by atoms with Crippen molar-refractivity contribution in [3.05, 3.63) is 0 Å². The van der Waals surface area contributed by atoms with Crippen LogP contribution in [0.25, 0.3) is 0 Å². The van der Waals surface area contributed by atoms with Gasteiger partial charge in [-0.25, -0.2) is 0 Å². The summed E-state index contributed by atoms with van der Waals surface area (Å²) in [6.45, 7) is 0. The van der Waals surface area contributed by atoms with Crippen molar-refractivity contribution in [3.63, 3.8) is 0 Å². The third kappa shape index (κ3) is 2.70. The van der Waals surface area contributed by atoms with E-state index < -0.39 is 10.5 Å². The van der Waals surface area contributed by atoms with Gasteiger partial charge in [-0.1, -0.05) is 0 Å². The van der Waals surface area contributed by atoms with E-state index in [-0.39, 0.29) is 0 Å². The van der Waals surface area contributed by atoms with Crippen LogP contribution in [0.4, 0.5) is 8.78 Å². The molecule has 0 amide bonds. The highest BCUT2D eigenvalue weighted by Crippen LogP contribution is 2.20. The van der Waals surface area contributed by atoms with Gasteiger partial charge in [-0.05, 0) is 24.2 Å². The zero-order valence-corrected chi connectivity index (χ0v) is 4.52. The van der Waals surface area contributed by atoms with Crippen LogP contribution in [0.5, 0.6) is 0 Å². The number of hydrogen-bond acceptors (Lipinski definition) is 1. The third-order valence-electron chi connectivity index (χ3n) is 0.231. The molecule has 0 bridgehead atoms. The monoisotopic (exact) mass is 145 g/mol. The Hall–Kier alpha value is 0.0400. The predicted molar refractivity (Wildman–Crippen MR) is 23.4 cm³/mol. The molecule has 41 valence electrons. The predicted octanol–water partition coefficient (Wildman–Crippen LogP) is 1.54. The molecule has 0 spiro atoms. The fourth-order valence-electron chi connectivity index (χ4n) is 0. The van der Waals surface area contributed by atoms with Gasteiger partial charge in [0.2, 0.25) is 0 Å². The summed E-state index contributed by atoms with van der Waals surface area (Å²) in [7, 11) is 0. The van der Waals surface area contributed by atoms with Crippen molar-refractivity contribution in [1.82, 2.24) is 0 Å². The zero-order valence-electron chi connectivity index (χ0n) is 2.95. The van der Waals surface area contributed by atoms with Crippen molar-refractivity contribution in [3.8, 4) is 0 Å². The van der Waals surface area contributed by atoms with E-state index in [2.05, 4.69) is 24.2 Å². The number of alkyl halides is 3. The molecule has 0 heterocycles. The molecular weight excluding hydrogens is 146 g/mol. The van der Waals surface area contributed by atoms with Gasteiger partial charge in [0, 0.05) is 0 Å². The topological polar surface area (TPSA) is 17.1 Å². The molecule has 1 radical (unpaired) electrons. The number of halogens is 3. The lowest BCUT2D eigenvalue weighted by Gasteiger charge is -1.95. The minimum atomic E-state index is -3.85. The van der Waals surface area contributed by atoms with Crippen molar-refractivity contribution < 1.29 is 13.6 Å². The molecule has 5 heteroatoms. The highest BCUT2D eigenvalue weighted by atomic mass is 35.5. The molecule has 0 atom stereocenters. The fraction of sp³-hybridized carbons (Fsp3) is 0.500. The lowest BCUT2D eigenvalue weighted by atomic mass is 10.8. The summed E-state index contributed by atoms with van der Waals surface area (Å²) in [5.41, 5.74) is 0. The minimum absolute atomic E-state index is 1.74. The van der Waals surface area contributed by atoms with E-state index in [1.54, 1.807) is 0 Å². The Bertz CT molecular complexity index is 88.2. The van der Waals surface area contributed by atoms with Crippen molar-refractivity contribution in [1.29, 1.82) is 0 Å². The normalized spacial score (nSPS) is 11.3. The first-order valence-corrected chi connectivity index (χ1v) is 2.01. The highest BCUT2D eigenvalue weighted by molar-refractivity contribution is 7.97. The number of rotatable bonds is 1. The van der Waals surface area contributed by atoms with Crippen LogP contribution in [-0.2, 0) is 4.79 Å². The summed E-state index contributed by atoms with van der Waals surface area (Å²) in [4.78, 5) is 9.40. The average Bonchev–Trinajstić information content (AvgIpc) is 1.31. The van der Waals surface area contributed by atoms with Gasteiger partial charge in [0.1, 0.15) is 0 Å². The average molecular weight is 146 g/mol. The maximum atomic E-state index is 11.2. The molecule has 0 unspecified atom stereocenters. The second-order valence-electron chi connectivity index (χ2n) is 0.785. The molecule has 0 aromatic rings. The Kier molecular flexibility index (Phi) is 1.89. The summed E-state index contributed by atoms with van der Waals surface area (Å²) in [6, 6.07) is 0. The smallest absolute Gasteiger partial charge is 0.273 e. The first kappa shape index (κ1) is 7.04. The Balaban J connectivity index is 3.79. The van der Waals surface area contributed by atoms with Crippen LogP contribution in [0.1, 0.15) is 0 Å². The Labute approximate surface area is 49.1 Å². The lowest BCUT2D eigenvalue weighted by molar-refractivity contribution is -0.123. The lowest BCUT2D eigenvalue weighted by Crippen LogP contribution is -2.14. The van der Waals surface area contributed by atoms with E-state index >= 15 is 0 Å². The molecule has 0 aliphatic carbocycles. The van der Waals surface area contributed by atoms with Gasteiger partial charge in [-0.3, -0.25) is 4.79 Å². The SMILES string of the molecule is O=C([S])C(F)(F)Cl. The molecule has 0 aromatic carbocycles. The Morgan fingerprint density at radius 1 is 1.71 bits per heavy atom. The van der Waals surface area contributed by atoms with Gasteiger partial charge in [-0.15, -0.1) is 0 Å². The van der Waals surface area contributed by atoms with Crippen LogP contribution in [0.15, 0.2) is 0 Å². The Morgan fingerprint density at radius 2 is 1.86 bits per heavy atom. The molecule has 1 nitrogen and oxygen atoms in total. The van der Waals surface area contributed by atoms with Crippen LogP contribution in [0.3, 0.4) is 0 Å². The summed E-state index contributed by atoms with van der Waals surface area (Å²) in [5.74, 6) is 0. The van der Waals surface area contributed by atoms with Gasteiger partial charge in [0.05, 0.1) is 0 Å². The van der Waals surface area contributed by atoms with Crippen molar-refractivity contribution in [2.45, 2.75) is 5.38 Å². The summed E-state index contributed by atoms with van der Waals surface area (Å²) < 4.78 is 22.3. The molecule has 0 saturated heterocycles. The highest BCUT2D eigenvalue weighted by Gasteiger charge is 2.33. The fourth-order valence-corrected chi connectivity index (χ4v) is 0. The van der Waals surface area contributed by atoms with E-state index in [4.69, 9.17) is 0 Å². The second kappa shape index (κ2) is 1.88. The largest absolute Gasteiger partial charge is 0.394 e. The summed E-state index contributed by atoms with van der Waals surface area (Å²) in [6.07, 6.45) is 0. The second-order valence-corrected chi connectivity index (χ2v) is 1.63. The van der Waals surface area contributed by atoms with Gasteiger partial charge in [0.25, 0.3) is 0 Å². The van der Waals surface area contributed by atoms with Crippen LogP contribution < -0.4 is 0 Å². The third-order valence-corrected chi connectivity index (χ3v) is 0.772. The number of hydrogen-bond donors (Lipinski definition) is 0. The quantitative estimate of drug-likeness (QED) is 0.512. The van der Waals surface area contributed by atoms with E-state index in [9.17, 15) is 13.6 Å². The van der Waals surface area contributed by atoms with Crippen molar-refractivity contribution in [2.75, 3.05) is 0 Å². The molecule has 0 saturated carbocycles. The summed E-state index contributed by atoms with van der Waals surface area (Å²) >= 11 is 7.58. The minimum Gasteiger partial charge on any atom is -0.273 e. The van der Waals surface area contributed by atoms with Crippen molar-refractivity contribution in [2.24, 2.45) is 0 Å². The van der Waals surface area contributed by atoms with Gasteiger partial charge < -0.3 is 0 Å². The molecule has 7 heavy (non-hydrogen) atoms. The standard InChI is InChI=1S/C2ClF2OS/c3-2(4,5)1(6)7. The van der Waals surface area contributed by atoms with Crippen molar-refractivity contribution >= 4 is 29.3 Å². The van der Waals surface area contributed by atoms with E-state index in [0.29, 0.717) is 0 Å². The number of carbonyl (C=O) groups is 1. The molecule has 0 fully saturated rings. The first-order valence-electron chi connectivity index (χ1n) is 1.23. The molecule has 0 aliphatic rings. The maximum absolute atomic E-state index is 11.2. The zero-order chi connectivity index (χ0) is 6.08. The van der Waals surface area contributed by atoms with Gasteiger partial charge in [0.15, 0.2) is 0 Å². The van der Waals surface area contributed by atoms with Crippen LogP contribution in [0, 0.1) is 0 Å². The van der Waals surface area contributed by atoms with E-state index in [0.717, 1.165) is 0 Å². The first-order chi connectivity index (χ1) is 2.94. The van der Waals surface area contributed by atoms with Crippen LogP contribution in [0.2, 0.25) is 0 Å². The molecule has 0 aliphatic heterocycles. The van der Waals surface area contributed by atoms with Crippen LogP contribution in [-0.4, -0.2) is 10.5 Å². The van der Waals surface area contributed by atoms with E-state index in [1.165, 1.54) is 0 Å². The molecule has 0 rings (SSSR count). The molecule has 0 aromatic heterocycles. The Morgan fingerprint density at radius 3 is 1.86 bits per heavy atom. The molecular formula is C2ClF2OS. The van der Waals surface area contributed by atoms with Crippen LogP contribution >= 0.6 is 24.2 Å². The van der Waals surface area contributed by atoms with Gasteiger partial charge in [-0.2, -0.15) is 8.78 Å². The van der Waals surface area contributed by atoms with E-state index in [1.807, 2.05) is 0 Å². The van der Waals surface area contributed by atoms with Gasteiger partial charge >= 0.3 is 10.5 Å². The maximum Gasteiger partial charge on any atom is 0.394 e. The number of carbonyl (C=O) groups excluding carboxylic acids is 1.